The number of aryl methyl sites for hydroxylation is 1. The Morgan fingerprint density at radius 1 is 0.894 bits per heavy atom. The van der Waals surface area contributed by atoms with E-state index in [1.165, 1.54) is 0 Å². The number of aromatic nitrogens is 2. The van der Waals surface area contributed by atoms with Crippen LogP contribution in [0.5, 0.6) is 0 Å². The summed E-state index contributed by atoms with van der Waals surface area (Å²) in [5.74, 6) is 0.637. The molecule has 0 saturated carbocycles. The van der Waals surface area contributed by atoms with Gasteiger partial charge in [-0.3, -0.25) is 0 Å². The molecule has 0 aliphatic rings. The van der Waals surface area contributed by atoms with Crippen LogP contribution in [0.1, 0.15) is 86.0 Å². The second-order valence-corrected chi connectivity index (χ2v) is 18.7. The number of hydrogen-bond donors (Lipinski definition) is 3. The van der Waals surface area contributed by atoms with Gasteiger partial charge in [-0.1, -0.05) is 105 Å². The molecule has 0 bridgehead atoms. The van der Waals surface area contributed by atoms with Crippen LogP contribution in [0.3, 0.4) is 0 Å². The Bertz CT molecular complexity index is 1550. The lowest BCUT2D eigenvalue weighted by atomic mass is 9.97. The van der Waals surface area contributed by atoms with Crippen molar-refractivity contribution in [3.05, 3.63) is 103 Å². The van der Waals surface area contributed by atoms with Gasteiger partial charge in [0.05, 0.1) is 5.69 Å². The van der Waals surface area contributed by atoms with Gasteiger partial charge in [-0.05, 0) is 81.8 Å². The molecule has 1 aromatic heterocycles. The summed E-state index contributed by atoms with van der Waals surface area (Å²) in [4.78, 5) is 30.3. The van der Waals surface area contributed by atoms with Gasteiger partial charge in [0, 0.05) is 24.3 Å². The van der Waals surface area contributed by atoms with Crippen molar-refractivity contribution in [1.29, 1.82) is 0 Å². The monoisotopic (exact) mass is 655 g/mol. The molecule has 252 valence electrons. The van der Waals surface area contributed by atoms with E-state index in [-0.39, 0.29) is 11.1 Å². The first-order chi connectivity index (χ1) is 22.0. The molecule has 7 nitrogen and oxygen atoms in total. The van der Waals surface area contributed by atoms with Gasteiger partial charge in [-0.15, -0.1) is 0 Å². The van der Waals surface area contributed by atoms with E-state index in [4.69, 9.17) is 9.72 Å². The van der Waals surface area contributed by atoms with Gasteiger partial charge >= 0.3 is 6.09 Å². The highest BCUT2D eigenvalue weighted by Crippen LogP contribution is 2.40. The number of carbonyl (C=O) groups excluding carboxylic acids is 1. The standard InChI is InChI=1S/C39H53N3O4Si/c1-9-42-28-34(41-35(42)39(7,8)44)30-24-22-29(23-25-30)27-31(40-36(43)46-37(2,3)4)17-16-26-38(5,6)47(45,32-18-12-10-13-19-32)33-20-14-11-15-21-33/h10-15,18-25,28,31,44-45H,9,16-17,26-27H2,1-8H3,(H,40,43). The maximum atomic E-state index is 12.9. The number of nitrogens with zero attached hydrogens (tertiary/aromatic N) is 2. The van der Waals surface area contributed by atoms with Crippen LogP contribution in [0.15, 0.2) is 91.1 Å². The fraction of sp³-hybridized carbons (Fsp3) is 0.436. The van der Waals surface area contributed by atoms with Crippen molar-refractivity contribution in [3.8, 4) is 11.3 Å². The van der Waals surface area contributed by atoms with Crippen LogP contribution in [0.2, 0.25) is 5.04 Å². The predicted octanol–water partition coefficient (Wildman–Crippen LogP) is 6.94. The number of hydrogen-bond acceptors (Lipinski definition) is 5. The van der Waals surface area contributed by atoms with Gasteiger partial charge in [0.1, 0.15) is 17.0 Å². The SMILES string of the molecule is CCn1cc(-c2ccc(CC(CCCC(C)(C)[Si](O)(c3ccccc3)c3ccccc3)NC(=O)OC(C)(C)C)cc2)nc1C(C)(C)O. The minimum Gasteiger partial charge on any atom is -0.444 e. The van der Waals surface area contributed by atoms with Gasteiger partial charge in [0.2, 0.25) is 0 Å². The molecule has 1 atom stereocenters. The average Bonchev–Trinajstić information content (AvgIpc) is 3.46. The molecule has 0 radical (unpaired) electrons. The highest BCUT2D eigenvalue weighted by molar-refractivity contribution is 6.98. The molecule has 3 aromatic carbocycles. The summed E-state index contributed by atoms with van der Waals surface area (Å²) in [7, 11) is -3.13. The molecule has 0 spiro atoms. The molecule has 1 unspecified atom stereocenters. The molecule has 4 rings (SSSR count). The van der Waals surface area contributed by atoms with E-state index in [1.54, 1.807) is 13.8 Å². The van der Waals surface area contributed by atoms with E-state index >= 15 is 0 Å². The summed E-state index contributed by atoms with van der Waals surface area (Å²) < 4.78 is 7.61. The van der Waals surface area contributed by atoms with Crippen molar-refractivity contribution in [1.82, 2.24) is 14.9 Å². The summed E-state index contributed by atoms with van der Waals surface area (Å²) in [5.41, 5.74) is 1.23. The van der Waals surface area contributed by atoms with Crippen molar-refractivity contribution < 1.29 is 19.4 Å². The topological polar surface area (TPSA) is 96.6 Å². The number of ether oxygens (including phenoxy) is 1. The fourth-order valence-electron chi connectivity index (χ4n) is 6.36. The smallest absolute Gasteiger partial charge is 0.407 e. The summed E-state index contributed by atoms with van der Waals surface area (Å²) in [5, 5.41) is 15.3. The Labute approximate surface area is 282 Å². The van der Waals surface area contributed by atoms with E-state index in [9.17, 15) is 14.7 Å². The summed E-state index contributed by atoms with van der Waals surface area (Å²) in [6.07, 6.45) is 4.52. The number of benzene rings is 3. The summed E-state index contributed by atoms with van der Waals surface area (Å²) in [6, 6.07) is 28.3. The van der Waals surface area contributed by atoms with Gasteiger partial charge in [-0.2, -0.15) is 0 Å². The first-order valence-corrected chi connectivity index (χ1v) is 18.7. The molecule has 0 aliphatic heterocycles. The van der Waals surface area contributed by atoms with Crippen LogP contribution in [-0.4, -0.2) is 45.5 Å². The first kappa shape index (κ1) is 36.1. The second-order valence-electron chi connectivity index (χ2n) is 14.8. The van der Waals surface area contributed by atoms with E-state index in [1.807, 2.05) is 87.0 Å². The predicted molar refractivity (Wildman–Crippen MR) is 193 cm³/mol. The molecule has 1 amide bonds. The maximum absolute atomic E-state index is 12.9. The zero-order valence-electron chi connectivity index (χ0n) is 29.4. The molecule has 4 aromatic rings. The Kier molecular flexibility index (Phi) is 11.2. The Morgan fingerprint density at radius 3 is 1.91 bits per heavy atom. The Morgan fingerprint density at radius 2 is 1.45 bits per heavy atom. The first-order valence-electron chi connectivity index (χ1n) is 16.8. The van der Waals surface area contributed by atoms with Gasteiger partial charge in [0.25, 0.3) is 8.32 Å². The van der Waals surface area contributed by atoms with E-state index in [0.717, 1.165) is 53.0 Å². The zero-order chi connectivity index (χ0) is 34.5. The van der Waals surface area contributed by atoms with Crippen LogP contribution in [-0.2, 0) is 23.3 Å². The lowest BCUT2D eigenvalue weighted by molar-refractivity contribution is 0.0500. The van der Waals surface area contributed by atoms with Crippen LogP contribution < -0.4 is 15.7 Å². The minimum absolute atomic E-state index is 0.157. The number of alkyl carbamates (subject to hydrolysis) is 1. The Hall–Kier alpha value is -3.72. The average molecular weight is 656 g/mol. The van der Waals surface area contributed by atoms with Crippen molar-refractivity contribution in [2.75, 3.05) is 0 Å². The third-order valence-corrected chi connectivity index (χ3v) is 13.4. The van der Waals surface area contributed by atoms with Gasteiger partial charge in [0.15, 0.2) is 0 Å². The van der Waals surface area contributed by atoms with Gasteiger partial charge in [-0.25, -0.2) is 9.78 Å². The molecule has 0 fully saturated rings. The summed E-state index contributed by atoms with van der Waals surface area (Å²) in [6.45, 7) is 16.2. The molecular formula is C39H53N3O4Si. The van der Waals surface area contributed by atoms with Crippen molar-refractivity contribution in [3.63, 3.8) is 0 Å². The lowest BCUT2D eigenvalue weighted by Gasteiger charge is -2.41. The third-order valence-electron chi connectivity index (χ3n) is 8.83. The molecular weight excluding hydrogens is 603 g/mol. The molecule has 8 heteroatoms. The maximum Gasteiger partial charge on any atom is 0.407 e. The van der Waals surface area contributed by atoms with E-state index in [0.29, 0.717) is 12.2 Å². The largest absolute Gasteiger partial charge is 0.444 e. The number of rotatable bonds is 13. The van der Waals surface area contributed by atoms with Gasteiger partial charge < -0.3 is 24.5 Å². The quantitative estimate of drug-likeness (QED) is 0.136. The lowest BCUT2D eigenvalue weighted by Crippen LogP contribution is -2.65. The van der Waals surface area contributed by atoms with Crippen LogP contribution in [0, 0.1) is 0 Å². The minimum atomic E-state index is -3.13. The Balaban J connectivity index is 1.53. The highest BCUT2D eigenvalue weighted by atomic mass is 28.4. The van der Waals surface area contributed by atoms with Crippen molar-refractivity contribution in [2.45, 2.75) is 110 Å². The third kappa shape index (κ3) is 9.00. The van der Waals surface area contributed by atoms with Crippen molar-refractivity contribution in [2.24, 2.45) is 0 Å². The zero-order valence-corrected chi connectivity index (χ0v) is 30.4. The molecule has 0 aliphatic carbocycles. The molecule has 1 heterocycles. The van der Waals surface area contributed by atoms with Crippen LogP contribution in [0.25, 0.3) is 11.3 Å². The molecule has 3 N–H and O–H groups in total. The van der Waals surface area contributed by atoms with Crippen molar-refractivity contribution >= 4 is 24.8 Å². The summed E-state index contributed by atoms with van der Waals surface area (Å²) >= 11 is 0. The van der Waals surface area contributed by atoms with Crippen LogP contribution >= 0.6 is 0 Å². The highest BCUT2D eigenvalue weighted by Gasteiger charge is 2.49. The number of amides is 1. The van der Waals surface area contributed by atoms with Crippen LogP contribution in [0.4, 0.5) is 4.79 Å². The normalized spacial score (nSPS) is 13.3. The van der Waals surface area contributed by atoms with E-state index in [2.05, 4.69) is 55.6 Å². The fourth-order valence-corrected chi connectivity index (χ4v) is 10.1. The number of imidazole rings is 1. The second kappa shape index (κ2) is 14.6. The van der Waals surface area contributed by atoms with E-state index < -0.39 is 25.6 Å². The number of aliphatic hydroxyl groups is 1. The number of carbonyl (C=O) groups is 1. The molecule has 0 saturated heterocycles. The molecule has 47 heavy (non-hydrogen) atoms. The number of nitrogens with one attached hydrogen (secondary N) is 1.